The summed E-state index contributed by atoms with van der Waals surface area (Å²) < 4.78 is 0. The molecule has 2 N–H and O–H groups in total. The Morgan fingerprint density at radius 3 is 2.65 bits per heavy atom. The van der Waals surface area contributed by atoms with E-state index in [0.717, 1.165) is 17.3 Å². The van der Waals surface area contributed by atoms with Gasteiger partial charge in [-0.25, -0.2) is 15.0 Å². The van der Waals surface area contributed by atoms with Crippen molar-refractivity contribution in [3.05, 3.63) is 30.4 Å². The predicted octanol–water partition coefficient (Wildman–Crippen LogP) is 1.85. The Bertz CT molecular complexity index is 437. The third-order valence-electron chi connectivity index (χ3n) is 2.06. The van der Waals surface area contributed by atoms with Gasteiger partial charge in [-0.05, 0) is 11.8 Å². The normalized spacial score (nSPS) is 11.0. The van der Waals surface area contributed by atoms with Crippen LogP contribution in [0.3, 0.4) is 0 Å². The van der Waals surface area contributed by atoms with E-state index in [2.05, 4.69) is 39.1 Å². The largest absolute Gasteiger partial charge is 0.339 e. The van der Waals surface area contributed by atoms with Gasteiger partial charge in [0.25, 0.3) is 0 Å². The molecule has 0 saturated heterocycles. The van der Waals surface area contributed by atoms with Gasteiger partial charge in [-0.2, -0.15) is 0 Å². The van der Waals surface area contributed by atoms with Crippen LogP contribution in [-0.4, -0.2) is 26.0 Å². The van der Waals surface area contributed by atoms with Crippen LogP contribution in [0.15, 0.2) is 35.1 Å². The minimum absolute atomic E-state index is 0.465. The summed E-state index contributed by atoms with van der Waals surface area (Å²) in [6.07, 6.45) is 7.17. The third-order valence-corrected chi connectivity index (χ3v) is 2.87. The first kappa shape index (κ1) is 12.1. The first-order chi connectivity index (χ1) is 8.24. The van der Waals surface area contributed by atoms with Gasteiger partial charge in [-0.15, -0.1) is 0 Å². The van der Waals surface area contributed by atoms with Gasteiger partial charge in [0, 0.05) is 42.9 Å². The van der Waals surface area contributed by atoms with Gasteiger partial charge in [0.15, 0.2) is 10.3 Å². The molecule has 0 unspecified atom stereocenters. The van der Waals surface area contributed by atoms with Crippen LogP contribution in [0.1, 0.15) is 19.4 Å². The molecule has 0 aliphatic carbocycles. The summed E-state index contributed by atoms with van der Waals surface area (Å²) >= 11 is 1.42. The number of rotatable bonds is 5. The summed E-state index contributed by atoms with van der Waals surface area (Å²) in [6.45, 7) is 5.02. The molecule has 0 aliphatic rings. The Morgan fingerprint density at radius 1 is 1.29 bits per heavy atom. The second kappa shape index (κ2) is 5.79. The summed E-state index contributed by atoms with van der Waals surface area (Å²) in [5.41, 5.74) is 1.09. The van der Waals surface area contributed by atoms with E-state index >= 15 is 0 Å². The SMILES string of the molecule is CC(C)NCc1cnc(Sc2ncc[nH]2)nc1. The fourth-order valence-electron chi connectivity index (χ4n) is 1.20. The Morgan fingerprint density at radius 2 is 2.06 bits per heavy atom. The third kappa shape index (κ3) is 3.83. The van der Waals surface area contributed by atoms with E-state index in [1.165, 1.54) is 11.8 Å². The summed E-state index contributed by atoms with van der Waals surface area (Å²) in [5, 5.41) is 4.83. The standard InChI is InChI=1S/C11H15N5S/c1-8(2)14-5-9-6-15-11(16-7-9)17-10-12-3-4-13-10/h3-4,6-8,14H,5H2,1-2H3,(H,12,13). The van der Waals surface area contributed by atoms with Crippen molar-refractivity contribution in [3.8, 4) is 0 Å². The van der Waals surface area contributed by atoms with E-state index in [0.29, 0.717) is 11.2 Å². The maximum Gasteiger partial charge on any atom is 0.195 e. The van der Waals surface area contributed by atoms with Crippen LogP contribution in [0.5, 0.6) is 0 Å². The molecule has 2 rings (SSSR count). The van der Waals surface area contributed by atoms with Crippen molar-refractivity contribution in [2.45, 2.75) is 36.7 Å². The number of imidazole rings is 1. The molecule has 5 nitrogen and oxygen atoms in total. The first-order valence-corrected chi connectivity index (χ1v) is 6.27. The second-order valence-corrected chi connectivity index (χ2v) is 4.86. The van der Waals surface area contributed by atoms with E-state index in [9.17, 15) is 0 Å². The monoisotopic (exact) mass is 249 g/mol. The zero-order valence-corrected chi connectivity index (χ0v) is 10.7. The number of H-pyrrole nitrogens is 1. The molecule has 0 saturated carbocycles. The molecule has 0 atom stereocenters. The second-order valence-electron chi connectivity index (χ2n) is 3.91. The molecule has 2 aromatic heterocycles. The van der Waals surface area contributed by atoms with E-state index in [4.69, 9.17) is 0 Å². The van der Waals surface area contributed by atoms with Gasteiger partial charge in [0.2, 0.25) is 0 Å². The zero-order valence-electron chi connectivity index (χ0n) is 9.84. The van der Waals surface area contributed by atoms with Gasteiger partial charge in [0.05, 0.1) is 0 Å². The Balaban J connectivity index is 1.93. The van der Waals surface area contributed by atoms with Crippen molar-refractivity contribution in [1.82, 2.24) is 25.3 Å². The zero-order chi connectivity index (χ0) is 12.1. The highest BCUT2D eigenvalue weighted by Crippen LogP contribution is 2.19. The fourth-order valence-corrected chi connectivity index (χ4v) is 1.83. The number of hydrogen-bond donors (Lipinski definition) is 2. The van der Waals surface area contributed by atoms with E-state index in [-0.39, 0.29) is 0 Å². The molecule has 17 heavy (non-hydrogen) atoms. The topological polar surface area (TPSA) is 66.5 Å². The Kier molecular flexibility index (Phi) is 4.11. The van der Waals surface area contributed by atoms with Crippen LogP contribution >= 0.6 is 11.8 Å². The van der Waals surface area contributed by atoms with E-state index in [1.807, 2.05) is 12.4 Å². The van der Waals surface area contributed by atoms with E-state index < -0.39 is 0 Å². The summed E-state index contributed by atoms with van der Waals surface area (Å²) in [4.78, 5) is 15.7. The Hall–Kier alpha value is -1.40. The van der Waals surface area contributed by atoms with Crippen LogP contribution in [-0.2, 0) is 6.54 Å². The lowest BCUT2D eigenvalue weighted by Crippen LogP contribution is -2.21. The van der Waals surface area contributed by atoms with Crippen LogP contribution in [0, 0.1) is 0 Å². The highest BCUT2D eigenvalue weighted by molar-refractivity contribution is 7.99. The smallest absolute Gasteiger partial charge is 0.195 e. The van der Waals surface area contributed by atoms with Crippen molar-refractivity contribution in [1.29, 1.82) is 0 Å². The Labute approximate surface area is 104 Å². The lowest BCUT2D eigenvalue weighted by molar-refractivity contribution is 0.585. The molecule has 0 bridgehead atoms. The van der Waals surface area contributed by atoms with Crippen LogP contribution in [0.25, 0.3) is 0 Å². The summed E-state index contributed by atoms with van der Waals surface area (Å²) in [7, 11) is 0. The van der Waals surface area contributed by atoms with Gasteiger partial charge < -0.3 is 10.3 Å². The molecule has 0 fully saturated rings. The molecule has 2 heterocycles. The van der Waals surface area contributed by atoms with Crippen LogP contribution < -0.4 is 5.32 Å². The molecule has 0 amide bonds. The molecule has 0 radical (unpaired) electrons. The molecular weight excluding hydrogens is 234 g/mol. The molecule has 6 heteroatoms. The molecule has 2 aromatic rings. The van der Waals surface area contributed by atoms with Crippen molar-refractivity contribution in [2.75, 3.05) is 0 Å². The number of nitrogens with one attached hydrogen (secondary N) is 2. The molecule has 0 aliphatic heterocycles. The predicted molar refractivity (Wildman–Crippen MR) is 66.7 cm³/mol. The maximum absolute atomic E-state index is 4.28. The average Bonchev–Trinajstić information content (AvgIpc) is 2.81. The summed E-state index contributed by atoms with van der Waals surface area (Å²) in [6, 6.07) is 0.465. The first-order valence-electron chi connectivity index (χ1n) is 5.45. The number of aromatic nitrogens is 4. The lowest BCUT2D eigenvalue weighted by atomic mass is 10.3. The van der Waals surface area contributed by atoms with Crippen LogP contribution in [0.2, 0.25) is 0 Å². The van der Waals surface area contributed by atoms with Gasteiger partial charge in [0.1, 0.15) is 0 Å². The van der Waals surface area contributed by atoms with Gasteiger partial charge in [-0.3, -0.25) is 0 Å². The minimum atomic E-state index is 0.465. The molecule has 0 aromatic carbocycles. The van der Waals surface area contributed by atoms with Crippen molar-refractivity contribution in [3.63, 3.8) is 0 Å². The maximum atomic E-state index is 4.28. The summed E-state index contributed by atoms with van der Waals surface area (Å²) in [5.74, 6) is 0. The van der Waals surface area contributed by atoms with Crippen LogP contribution in [0.4, 0.5) is 0 Å². The van der Waals surface area contributed by atoms with Crippen molar-refractivity contribution < 1.29 is 0 Å². The highest BCUT2D eigenvalue weighted by Gasteiger charge is 2.02. The minimum Gasteiger partial charge on any atom is -0.339 e. The van der Waals surface area contributed by atoms with Crippen molar-refractivity contribution >= 4 is 11.8 Å². The molecule has 90 valence electrons. The number of nitrogens with zero attached hydrogens (tertiary/aromatic N) is 3. The fraction of sp³-hybridized carbons (Fsp3) is 0.364. The van der Waals surface area contributed by atoms with Crippen molar-refractivity contribution in [2.24, 2.45) is 0 Å². The number of hydrogen-bond acceptors (Lipinski definition) is 5. The number of aromatic amines is 1. The quantitative estimate of drug-likeness (QED) is 0.792. The lowest BCUT2D eigenvalue weighted by Gasteiger charge is -2.07. The highest BCUT2D eigenvalue weighted by atomic mass is 32.2. The van der Waals surface area contributed by atoms with Gasteiger partial charge >= 0.3 is 0 Å². The van der Waals surface area contributed by atoms with E-state index in [1.54, 1.807) is 12.4 Å². The molecule has 0 spiro atoms. The average molecular weight is 249 g/mol. The van der Waals surface area contributed by atoms with Gasteiger partial charge in [-0.1, -0.05) is 13.8 Å². The molecular formula is C11H15N5S.